The van der Waals surface area contributed by atoms with Gasteiger partial charge in [0.1, 0.15) is 6.33 Å². The van der Waals surface area contributed by atoms with Crippen LogP contribution in [-0.2, 0) is 13.6 Å². The number of ketones is 1. The van der Waals surface area contributed by atoms with E-state index in [-0.39, 0.29) is 5.78 Å². The molecule has 3 aromatic heterocycles. The molecule has 0 atom stereocenters. The zero-order chi connectivity index (χ0) is 17.9. The number of rotatable bonds is 5. The van der Waals surface area contributed by atoms with Crippen LogP contribution in [0.25, 0.3) is 10.9 Å². The van der Waals surface area contributed by atoms with Crippen LogP contribution >= 0.6 is 0 Å². The van der Waals surface area contributed by atoms with Gasteiger partial charge in [-0.2, -0.15) is 5.10 Å². The minimum Gasteiger partial charge on any atom is -0.350 e. The van der Waals surface area contributed by atoms with Crippen LogP contribution in [0.3, 0.4) is 0 Å². The molecular weight excluding hydrogens is 330 g/mol. The van der Waals surface area contributed by atoms with Gasteiger partial charge in [-0.3, -0.25) is 9.48 Å². The number of fused-ring (bicyclic) bond motifs is 1. The van der Waals surface area contributed by atoms with E-state index in [1.54, 1.807) is 29.3 Å². The van der Waals surface area contributed by atoms with Crippen molar-refractivity contribution in [2.45, 2.75) is 6.54 Å². The van der Waals surface area contributed by atoms with Gasteiger partial charge in [-0.25, -0.2) is 19.9 Å². The monoisotopic (exact) mass is 345 g/mol. The van der Waals surface area contributed by atoms with Crippen LogP contribution in [-0.4, -0.2) is 35.5 Å². The second-order valence-electron chi connectivity index (χ2n) is 5.77. The van der Waals surface area contributed by atoms with Crippen LogP contribution in [0.15, 0.2) is 55.5 Å². The Kier molecular flexibility index (Phi) is 4.06. The number of benzene rings is 1. The molecule has 128 valence electrons. The topological polar surface area (TPSA) is 98.5 Å². The van der Waals surface area contributed by atoms with Gasteiger partial charge in [0.05, 0.1) is 17.3 Å². The summed E-state index contributed by atoms with van der Waals surface area (Å²) < 4.78 is 1.77. The fourth-order valence-corrected chi connectivity index (χ4v) is 2.61. The van der Waals surface area contributed by atoms with E-state index in [1.807, 2.05) is 19.2 Å². The highest BCUT2D eigenvalue weighted by Crippen LogP contribution is 2.17. The second kappa shape index (κ2) is 6.67. The standard InChI is InChI=1S/C18H15N7O/c1-25-16-3-2-13(4-14(16)10-24-25)17(26)15-8-22-18(23-9-15)21-7-12-5-19-11-20-6-12/h2-6,8-11H,7H2,1H3,(H,21,22,23). The van der Waals surface area contributed by atoms with Crippen LogP contribution in [0.1, 0.15) is 21.5 Å². The Labute approximate surface area is 149 Å². The summed E-state index contributed by atoms with van der Waals surface area (Å²) in [4.78, 5) is 29.0. The largest absolute Gasteiger partial charge is 0.350 e. The van der Waals surface area contributed by atoms with Crippen molar-refractivity contribution in [3.63, 3.8) is 0 Å². The van der Waals surface area contributed by atoms with Gasteiger partial charge in [0, 0.05) is 54.9 Å². The van der Waals surface area contributed by atoms with E-state index in [9.17, 15) is 4.79 Å². The van der Waals surface area contributed by atoms with Gasteiger partial charge in [-0.15, -0.1) is 0 Å². The first kappa shape index (κ1) is 15.8. The van der Waals surface area contributed by atoms with Crippen molar-refractivity contribution in [3.8, 4) is 0 Å². The first-order chi connectivity index (χ1) is 12.7. The van der Waals surface area contributed by atoms with Crippen molar-refractivity contribution in [2.24, 2.45) is 7.05 Å². The molecule has 0 radical (unpaired) electrons. The Hall–Kier alpha value is -3.68. The van der Waals surface area contributed by atoms with E-state index >= 15 is 0 Å². The molecule has 1 aromatic carbocycles. The molecule has 0 aliphatic carbocycles. The number of carbonyl (C=O) groups excluding carboxylic acids is 1. The highest BCUT2D eigenvalue weighted by molar-refractivity contribution is 6.10. The van der Waals surface area contributed by atoms with Crippen molar-refractivity contribution < 1.29 is 4.79 Å². The minimum absolute atomic E-state index is 0.126. The lowest BCUT2D eigenvalue weighted by atomic mass is 10.0. The number of hydrogen-bond acceptors (Lipinski definition) is 7. The van der Waals surface area contributed by atoms with Crippen molar-refractivity contribution in [3.05, 3.63) is 72.2 Å². The summed E-state index contributed by atoms with van der Waals surface area (Å²) in [6, 6.07) is 5.49. The summed E-state index contributed by atoms with van der Waals surface area (Å²) in [6.45, 7) is 0.506. The molecular formula is C18H15N7O. The minimum atomic E-state index is -0.126. The Morgan fingerprint density at radius 3 is 2.58 bits per heavy atom. The summed E-state index contributed by atoms with van der Waals surface area (Å²) in [5.74, 6) is 0.312. The molecule has 1 N–H and O–H groups in total. The second-order valence-corrected chi connectivity index (χ2v) is 5.77. The summed E-state index contributed by atoms with van der Waals surface area (Å²) in [6.07, 6.45) is 9.68. The number of anilines is 1. The Bertz CT molecular complexity index is 1060. The summed E-state index contributed by atoms with van der Waals surface area (Å²) in [7, 11) is 1.87. The predicted molar refractivity (Wildman–Crippen MR) is 95.5 cm³/mol. The van der Waals surface area contributed by atoms with Gasteiger partial charge in [0.15, 0.2) is 5.78 Å². The van der Waals surface area contributed by atoms with Gasteiger partial charge in [0.2, 0.25) is 5.95 Å². The maximum Gasteiger partial charge on any atom is 0.222 e. The smallest absolute Gasteiger partial charge is 0.222 e. The molecule has 26 heavy (non-hydrogen) atoms. The SMILES string of the molecule is Cn1ncc2cc(C(=O)c3cnc(NCc4cncnc4)nc3)ccc21. The summed E-state index contributed by atoms with van der Waals surface area (Å²) in [5, 5.41) is 8.18. The van der Waals surface area contributed by atoms with Gasteiger partial charge in [-0.05, 0) is 18.2 Å². The molecule has 0 fully saturated rings. The van der Waals surface area contributed by atoms with Crippen LogP contribution in [0, 0.1) is 0 Å². The average Bonchev–Trinajstić information content (AvgIpc) is 3.07. The molecule has 0 amide bonds. The Morgan fingerprint density at radius 1 is 1.04 bits per heavy atom. The molecule has 0 bridgehead atoms. The van der Waals surface area contributed by atoms with Gasteiger partial charge < -0.3 is 5.32 Å². The zero-order valence-corrected chi connectivity index (χ0v) is 14.0. The zero-order valence-electron chi connectivity index (χ0n) is 14.0. The first-order valence-corrected chi connectivity index (χ1v) is 7.97. The first-order valence-electron chi connectivity index (χ1n) is 7.97. The third-order valence-corrected chi connectivity index (χ3v) is 3.99. The fourth-order valence-electron chi connectivity index (χ4n) is 2.61. The lowest BCUT2D eigenvalue weighted by Crippen LogP contribution is -2.07. The number of nitrogens with zero attached hydrogens (tertiary/aromatic N) is 6. The van der Waals surface area contributed by atoms with Gasteiger partial charge in [-0.1, -0.05) is 0 Å². The number of nitrogens with one attached hydrogen (secondary N) is 1. The van der Waals surface area contributed by atoms with Gasteiger partial charge >= 0.3 is 0 Å². The Balaban J connectivity index is 1.49. The van der Waals surface area contributed by atoms with Crippen LogP contribution < -0.4 is 5.32 Å². The quantitative estimate of drug-likeness (QED) is 0.552. The molecule has 0 saturated carbocycles. The summed E-state index contributed by atoms with van der Waals surface area (Å²) in [5.41, 5.74) is 2.90. The molecule has 8 heteroatoms. The lowest BCUT2D eigenvalue weighted by Gasteiger charge is -2.05. The van der Waals surface area contributed by atoms with E-state index in [1.165, 1.54) is 18.7 Å². The highest BCUT2D eigenvalue weighted by atomic mass is 16.1. The maximum atomic E-state index is 12.6. The van der Waals surface area contributed by atoms with Crippen LogP contribution in [0.2, 0.25) is 0 Å². The lowest BCUT2D eigenvalue weighted by molar-refractivity contribution is 0.103. The van der Waals surface area contributed by atoms with Crippen LogP contribution in [0.5, 0.6) is 0 Å². The van der Waals surface area contributed by atoms with E-state index < -0.39 is 0 Å². The predicted octanol–water partition coefficient (Wildman–Crippen LogP) is 2.00. The molecule has 3 heterocycles. The van der Waals surface area contributed by atoms with Crippen molar-refractivity contribution in [1.82, 2.24) is 29.7 Å². The Morgan fingerprint density at radius 2 is 1.81 bits per heavy atom. The molecule has 4 aromatic rings. The average molecular weight is 345 g/mol. The maximum absolute atomic E-state index is 12.6. The molecule has 0 saturated heterocycles. The number of hydrogen-bond donors (Lipinski definition) is 1. The number of aryl methyl sites for hydroxylation is 1. The fraction of sp³-hybridized carbons (Fsp3) is 0.111. The molecule has 8 nitrogen and oxygen atoms in total. The number of aromatic nitrogens is 6. The molecule has 0 spiro atoms. The summed E-state index contributed by atoms with van der Waals surface area (Å²) >= 11 is 0. The van der Waals surface area contributed by atoms with Gasteiger partial charge in [0.25, 0.3) is 0 Å². The third kappa shape index (κ3) is 3.12. The normalized spacial score (nSPS) is 10.8. The van der Waals surface area contributed by atoms with E-state index in [0.717, 1.165) is 16.5 Å². The van der Waals surface area contributed by atoms with E-state index in [0.29, 0.717) is 23.6 Å². The molecule has 0 aliphatic rings. The van der Waals surface area contributed by atoms with E-state index in [4.69, 9.17) is 0 Å². The molecule has 0 aliphatic heterocycles. The third-order valence-electron chi connectivity index (χ3n) is 3.99. The highest BCUT2D eigenvalue weighted by Gasteiger charge is 2.12. The van der Waals surface area contributed by atoms with Crippen LogP contribution in [0.4, 0.5) is 5.95 Å². The van der Waals surface area contributed by atoms with E-state index in [2.05, 4.69) is 30.4 Å². The number of carbonyl (C=O) groups is 1. The molecule has 4 rings (SSSR count). The van der Waals surface area contributed by atoms with Crippen molar-refractivity contribution in [2.75, 3.05) is 5.32 Å². The van der Waals surface area contributed by atoms with Crippen molar-refractivity contribution in [1.29, 1.82) is 0 Å². The molecule has 0 unspecified atom stereocenters. The van der Waals surface area contributed by atoms with Crippen molar-refractivity contribution >= 4 is 22.6 Å².